The van der Waals surface area contributed by atoms with E-state index in [-0.39, 0.29) is 12.3 Å². The van der Waals surface area contributed by atoms with Gasteiger partial charge in [0.1, 0.15) is 5.15 Å². The summed E-state index contributed by atoms with van der Waals surface area (Å²) in [6, 6.07) is 16.8. The van der Waals surface area contributed by atoms with Crippen LogP contribution in [0.3, 0.4) is 0 Å². The monoisotopic (exact) mass is 415 g/mol. The summed E-state index contributed by atoms with van der Waals surface area (Å²) in [7, 11) is 0. The number of rotatable bonds is 5. The van der Waals surface area contributed by atoms with Gasteiger partial charge in [0, 0.05) is 22.6 Å². The van der Waals surface area contributed by atoms with Crippen LogP contribution in [0.1, 0.15) is 11.3 Å². The molecule has 4 nitrogen and oxygen atoms in total. The Kier molecular flexibility index (Phi) is 5.79. The van der Waals surface area contributed by atoms with Crippen molar-refractivity contribution in [2.45, 2.75) is 13.0 Å². The first-order valence-electron chi connectivity index (χ1n) is 7.68. The van der Waals surface area contributed by atoms with E-state index in [0.717, 1.165) is 21.4 Å². The lowest BCUT2D eigenvalue weighted by Crippen LogP contribution is -2.32. The highest BCUT2D eigenvalue weighted by molar-refractivity contribution is 9.10. The second-order valence-electron chi connectivity index (χ2n) is 5.44. The number of nitrogens with zero attached hydrogens (tertiary/aromatic N) is 3. The Morgan fingerprint density at radius 1 is 1.04 bits per heavy atom. The molecule has 0 aliphatic heterocycles. The summed E-state index contributed by atoms with van der Waals surface area (Å²) in [4.78, 5) is 23.0. The number of anilines is 1. The molecule has 0 atom stereocenters. The summed E-state index contributed by atoms with van der Waals surface area (Å²) < 4.78 is 0.961. The third kappa shape index (κ3) is 4.87. The molecule has 0 aliphatic carbocycles. The number of halogens is 2. The van der Waals surface area contributed by atoms with Crippen molar-refractivity contribution in [3.63, 3.8) is 0 Å². The van der Waals surface area contributed by atoms with Crippen LogP contribution in [0.5, 0.6) is 0 Å². The van der Waals surface area contributed by atoms with Crippen molar-refractivity contribution >= 4 is 39.1 Å². The molecule has 3 rings (SSSR count). The average molecular weight is 417 g/mol. The first-order chi connectivity index (χ1) is 12.1. The molecule has 0 radical (unpaired) electrons. The minimum absolute atomic E-state index is 0.0305. The van der Waals surface area contributed by atoms with Crippen LogP contribution in [0.4, 0.5) is 5.69 Å². The van der Waals surface area contributed by atoms with Crippen LogP contribution in [0.2, 0.25) is 5.15 Å². The Morgan fingerprint density at radius 2 is 1.84 bits per heavy atom. The van der Waals surface area contributed by atoms with Gasteiger partial charge in [0.25, 0.3) is 0 Å². The van der Waals surface area contributed by atoms with Gasteiger partial charge in [0.05, 0.1) is 18.7 Å². The fourth-order valence-electron chi connectivity index (χ4n) is 2.38. The third-order valence-corrected chi connectivity index (χ3v) is 4.38. The van der Waals surface area contributed by atoms with Gasteiger partial charge in [0.15, 0.2) is 0 Å². The number of carbonyl (C=O) groups is 1. The first kappa shape index (κ1) is 17.6. The fraction of sp³-hybridized carbons (Fsp3) is 0.105. The van der Waals surface area contributed by atoms with Crippen LogP contribution >= 0.6 is 27.5 Å². The molecule has 1 aromatic carbocycles. The molecule has 0 unspecified atom stereocenters. The molecule has 0 fully saturated rings. The van der Waals surface area contributed by atoms with E-state index in [0.29, 0.717) is 11.7 Å². The largest absolute Gasteiger partial charge is 0.306 e. The molecule has 126 valence electrons. The lowest BCUT2D eigenvalue weighted by atomic mass is 10.1. The smallest absolute Gasteiger partial charge is 0.231 e. The highest BCUT2D eigenvalue weighted by Crippen LogP contribution is 2.21. The van der Waals surface area contributed by atoms with E-state index in [1.165, 1.54) is 0 Å². The van der Waals surface area contributed by atoms with Gasteiger partial charge in [-0.3, -0.25) is 9.78 Å². The Bertz CT molecular complexity index is 839. The van der Waals surface area contributed by atoms with Crippen molar-refractivity contribution in [2.75, 3.05) is 4.90 Å². The fourth-order valence-corrected chi connectivity index (χ4v) is 2.76. The number of benzene rings is 1. The Labute approximate surface area is 159 Å². The Hall–Kier alpha value is -2.24. The van der Waals surface area contributed by atoms with Crippen LogP contribution in [0, 0.1) is 0 Å². The number of amides is 1. The maximum Gasteiger partial charge on any atom is 0.231 e. The van der Waals surface area contributed by atoms with Crippen molar-refractivity contribution in [3.05, 3.63) is 87.9 Å². The molecule has 0 saturated heterocycles. The lowest BCUT2D eigenvalue weighted by Gasteiger charge is -2.23. The molecule has 1 amide bonds. The predicted molar refractivity (Wildman–Crippen MR) is 103 cm³/mol. The maximum absolute atomic E-state index is 12.9. The van der Waals surface area contributed by atoms with E-state index < -0.39 is 0 Å². The molecule has 25 heavy (non-hydrogen) atoms. The Morgan fingerprint density at radius 3 is 2.48 bits per heavy atom. The molecule has 0 bridgehead atoms. The zero-order chi connectivity index (χ0) is 17.6. The number of carbonyl (C=O) groups excluding carboxylic acids is 1. The van der Waals surface area contributed by atoms with Crippen molar-refractivity contribution in [3.8, 4) is 0 Å². The van der Waals surface area contributed by atoms with Crippen LogP contribution < -0.4 is 4.90 Å². The van der Waals surface area contributed by atoms with Crippen molar-refractivity contribution < 1.29 is 4.79 Å². The quantitative estimate of drug-likeness (QED) is 0.568. The van der Waals surface area contributed by atoms with Gasteiger partial charge >= 0.3 is 0 Å². The second kappa shape index (κ2) is 8.23. The molecule has 3 aromatic rings. The van der Waals surface area contributed by atoms with Gasteiger partial charge in [-0.25, -0.2) is 4.98 Å². The molecule has 0 N–H and O–H groups in total. The van der Waals surface area contributed by atoms with Crippen molar-refractivity contribution in [1.82, 2.24) is 9.97 Å². The van der Waals surface area contributed by atoms with Gasteiger partial charge in [-0.2, -0.15) is 0 Å². The minimum Gasteiger partial charge on any atom is -0.306 e. The van der Waals surface area contributed by atoms with Crippen LogP contribution in [-0.4, -0.2) is 15.9 Å². The van der Waals surface area contributed by atoms with E-state index in [4.69, 9.17) is 11.6 Å². The number of hydrogen-bond acceptors (Lipinski definition) is 3. The molecule has 0 aliphatic rings. The highest BCUT2D eigenvalue weighted by Gasteiger charge is 2.17. The highest BCUT2D eigenvalue weighted by atomic mass is 79.9. The summed E-state index contributed by atoms with van der Waals surface area (Å²) in [6.45, 7) is 0.405. The predicted octanol–water partition coefficient (Wildman–Crippen LogP) is 4.67. The van der Waals surface area contributed by atoms with Crippen molar-refractivity contribution in [2.24, 2.45) is 0 Å². The summed E-state index contributed by atoms with van der Waals surface area (Å²) in [5.41, 5.74) is 2.46. The van der Waals surface area contributed by atoms with E-state index in [1.807, 2.05) is 48.5 Å². The van der Waals surface area contributed by atoms with Gasteiger partial charge in [-0.1, -0.05) is 39.7 Å². The van der Waals surface area contributed by atoms with Crippen LogP contribution in [0.15, 0.2) is 71.5 Å². The standard InChI is InChI=1S/C19H15BrClN3O/c20-15-5-7-17(8-6-15)24(13-16-3-1-2-10-22-16)19(25)11-14-4-9-18(21)23-12-14/h1-10,12H,11,13H2. The van der Waals surface area contributed by atoms with Crippen LogP contribution in [0.25, 0.3) is 0 Å². The SMILES string of the molecule is O=C(Cc1ccc(Cl)nc1)N(Cc1ccccn1)c1ccc(Br)cc1. The van der Waals surface area contributed by atoms with E-state index in [1.54, 1.807) is 23.4 Å². The molecule has 0 spiro atoms. The first-order valence-corrected chi connectivity index (χ1v) is 8.85. The molecular formula is C19H15BrClN3O. The molecule has 2 heterocycles. The number of pyridine rings is 2. The molecule has 2 aromatic heterocycles. The van der Waals surface area contributed by atoms with Gasteiger partial charge in [-0.05, 0) is 48.0 Å². The second-order valence-corrected chi connectivity index (χ2v) is 6.75. The normalized spacial score (nSPS) is 10.5. The zero-order valence-corrected chi connectivity index (χ0v) is 15.6. The van der Waals surface area contributed by atoms with Crippen molar-refractivity contribution in [1.29, 1.82) is 0 Å². The van der Waals surface area contributed by atoms with Gasteiger partial charge in [-0.15, -0.1) is 0 Å². The van der Waals surface area contributed by atoms with E-state index in [2.05, 4.69) is 25.9 Å². The molecular weight excluding hydrogens is 402 g/mol. The van der Waals surface area contributed by atoms with Gasteiger partial charge < -0.3 is 4.90 Å². The number of hydrogen-bond donors (Lipinski definition) is 0. The summed E-state index contributed by atoms with van der Waals surface area (Å²) in [5, 5.41) is 0.412. The lowest BCUT2D eigenvalue weighted by molar-refractivity contribution is -0.118. The topological polar surface area (TPSA) is 46.1 Å². The van der Waals surface area contributed by atoms with Crippen LogP contribution in [-0.2, 0) is 17.8 Å². The maximum atomic E-state index is 12.9. The summed E-state index contributed by atoms with van der Waals surface area (Å²) in [6.07, 6.45) is 3.59. The molecule has 0 saturated carbocycles. The minimum atomic E-state index is -0.0305. The molecule has 6 heteroatoms. The zero-order valence-electron chi connectivity index (χ0n) is 13.3. The average Bonchev–Trinajstić information content (AvgIpc) is 2.63. The van der Waals surface area contributed by atoms with Gasteiger partial charge in [0.2, 0.25) is 5.91 Å². The summed E-state index contributed by atoms with van der Waals surface area (Å²) >= 11 is 9.23. The third-order valence-electron chi connectivity index (χ3n) is 3.63. The van der Waals surface area contributed by atoms with E-state index >= 15 is 0 Å². The summed E-state index contributed by atoms with van der Waals surface area (Å²) in [5.74, 6) is -0.0305. The number of aromatic nitrogens is 2. The Balaban J connectivity index is 1.85. The van der Waals surface area contributed by atoms with E-state index in [9.17, 15) is 4.79 Å².